The van der Waals surface area contributed by atoms with Crippen LogP contribution >= 0.6 is 0 Å². The number of hydrogen-bond donors (Lipinski definition) is 3. The molecule has 0 aromatic heterocycles. The monoisotopic (exact) mass is 905 g/mol. The van der Waals surface area contributed by atoms with Crippen molar-refractivity contribution in [2.24, 2.45) is 5.92 Å². The molecule has 0 spiro atoms. The van der Waals surface area contributed by atoms with Gasteiger partial charge in [-0.3, -0.25) is 14.4 Å². The van der Waals surface area contributed by atoms with Crippen LogP contribution in [0.15, 0.2) is 0 Å². The van der Waals surface area contributed by atoms with Crippen LogP contribution in [0.25, 0.3) is 0 Å². The Labute approximate surface area is 398 Å². The molecule has 0 aliphatic carbocycles. The third-order valence-corrected chi connectivity index (χ3v) is 14.3. The van der Waals surface area contributed by atoms with Crippen molar-refractivity contribution in [3.8, 4) is 0 Å². The minimum absolute atomic E-state index is 0.334. The molecule has 0 aromatic carbocycles. The zero-order valence-corrected chi connectivity index (χ0v) is 42.8. The van der Waals surface area contributed by atoms with E-state index < -0.39 is 17.9 Å². The van der Waals surface area contributed by atoms with Crippen LogP contribution in [-0.2, 0) is 14.4 Å². The van der Waals surface area contributed by atoms with Crippen molar-refractivity contribution in [3.63, 3.8) is 0 Å². The number of hydrogen-bond acceptors (Lipinski definition) is 3. The van der Waals surface area contributed by atoms with Gasteiger partial charge in [0.05, 0.1) is 0 Å². The molecular formula is C58H112O6. The zero-order valence-electron chi connectivity index (χ0n) is 42.8. The van der Waals surface area contributed by atoms with Crippen molar-refractivity contribution in [1.82, 2.24) is 0 Å². The predicted octanol–water partition coefficient (Wildman–Crippen LogP) is 19.9. The highest BCUT2D eigenvalue weighted by Gasteiger charge is 2.09. The van der Waals surface area contributed by atoms with Crippen LogP contribution in [0.5, 0.6) is 0 Å². The molecule has 0 rings (SSSR count). The smallest absolute Gasteiger partial charge is 0.303 e. The van der Waals surface area contributed by atoms with Crippen LogP contribution in [0.2, 0.25) is 0 Å². The van der Waals surface area contributed by atoms with Gasteiger partial charge >= 0.3 is 17.9 Å². The molecule has 0 aliphatic rings. The highest BCUT2D eigenvalue weighted by atomic mass is 16.4. The van der Waals surface area contributed by atoms with Gasteiger partial charge in [0.25, 0.3) is 0 Å². The Morgan fingerprint density at radius 1 is 0.188 bits per heavy atom. The fourth-order valence-corrected chi connectivity index (χ4v) is 9.99. The first-order chi connectivity index (χ1) is 31.4. The lowest BCUT2D eigenvalue weighted by atomic mass is 9.89. The number of aliphatic carboxylic acids is 3. The van der Waals surface area contributed by atoms with Crippen molar-refractivity contribution >= 4 is 17.9 Å². The van der Waals surface area contributed by atoms with Crippen molar-refractivity contribution in [1.29, 1.82) is 0 Å². The van der Waals surface area contributed by atoms with E-state index in [-0.39, 0.29) is 0 Å². The van der Waals surface area contributed by atoms with Crippen LogP contribution < -0.4 is 0 Å². The van der Waals surface area contributed by atoms with Gasteiger partial charge in [-0.2, -0.15) is 0 Å². The summed E-state index contributed by atoms with van der Waals surface area (Å²) < 4.78 is 0. The fourth-order valence-electron chi connectivity index (χ4n) is 9.99. The number of unbranched alkanes of at least 4 members (excludes halogenated alkanes) is 45. The summed E-state index contributed by atoms with van der Waals surface area (Å²) >= 11 is 0. The Balaban J connectivity index is 3.99. The second kappa shape index (κ2) is 54.0. The first kappa shape index (κ1) is 62.4. The lowest BCUT2D eigenvalue weighted by Gasteiger charge is -2.17. The SMILES string of the molecule is O=C(O)CCCCCCCCCCCCCCCCCCC(CCCCCCCCCCCCCCCCCCC(=O)O)CCCCCCCCCCCCCCCCCCC(=O)O. The Morgan fingerprint density at radius 3 is 0.422 bits per heavy atom. The molecule has 0 aliphatic heterocycles. The molecule has 6 heteroatoms. The lowest BCUT2D eigenvalue weighted by molar-refractivity contribution is -0.138. The number of carboxylic acids is 3. The predicted molar refractivity (Wildman–Crippen MR) is 276 cm³/mol. The Morgan fingerprint density at radius 2 is 0.297 bits per heavy atom. The van der Waals surface area contributed by atoms with E-state index in [1.165, 1.54) is 289 Å². The molecule has 0 atom stereocenters. The summed E-state index contributed by atoms with van der Waals surface area (Å²) in [5.74, 6) is -1.00. The molecule has 380 valence electrons. The second-order valence-corrected chi connectivity index (χ2v) is 20.6. The Bertz CT molecular complexity index is 832. The molecule has 0 radical (unpaired) electrons. The standard InChI is InChI=1S/C58H112O6/c59-56(60)52-46-40-34-28-22-16-10-4-1-7-13-19-25-31-37-43-49-55(50-44-38-32-26-20-14-8-2-5-11-17-23-29-35-41-47-53-57(61)62)51-45-39-33-27-21-15-9-3-6-12-18-24-30-36-42-48-54-58(63)64/h55H,1-54H2,(H,59,60)(H,61,62)(H,63,64). The number of rotatable bonds is 57. The lowest BCUT2D eigenvalue weighted by Crippen LogP contribution is -2.01. The molecule has 0 bridgehead atoms. The largest absolute Gasteiger partial charge is 0.481 e. The molecule has 64 heavy (non-hydrogen) atoms. The van der Waals surface area contributed by atoms with Gasteiger partial charge in [-0.15, -0.1) is 0 Å². The molecule has 0 amide bonds. The van der Waals surface area contributed by atoms with E-state index in [9.17, 15) is 14.4 Å². The highest BCUT2D eigenvalue weighted by Crippen LogP contribution is 2.26. The Hall–Kier alpha value is -1.59. The fraction of sp³-hybridized carbons (Fsp3) is 0.948. The minimum atomic E-state index is -0.655. The summed E-state index contributed by atoms with van der Waals surface area (Å²) in [7, 11) is 0. The normalized spacial score (nSPS) is 11.6. The van der Waals surface area contributed by atoms with E-state index in [0.717, 1.165) is 44.4 Å². The van der Waals surface area contributed by atoms with Crippen molar-refractivity contribution in [2.75, 3.05) is 0 Å². The van der Waals surface area contributed by atoms with Crippen molar-refractivity contribution in [2.45, 2.75) is 347 Å². The molecule has 3 N–H and O–H groups in total. The molecule has 0 heterocycles. The molecule has 0 saturated carbocycles. The number of carboxylic acid groups (broad SMARTS) is 3. The first-order valence-electron chi connectivity index (χ1n) is 29.1. The third-order valence-electron chi connectivity index (χ3n) is 14.3. The molecule has 0 aromatic rings. The topological polar surface area (TPSA) is 112 Å². The molecule has 0 fully saturated rings. The van der Waals surface area contributed by atoms with E-state index in [0.29, 0.717) is 19.3 Å². The van der Waals surface area contributed by atoms with Crippen LogP contribution in [-0.4, -0.2) is 33.2 Å². The van der Waals surface area contributed by atoms with Gasteiger partial charge < -0.3 is 15.3 Å². The molecular weight excluding hydrogens is 793 g/mol. The molecule has 0 saturated heterocycles. The summed E-state index contributed by atoms with van der Waals surface area (Å²) in [6.45, 7) is 0. The molecule has 0 unspecified atom stereocenters. The van der Waals surface area contributed by atoms with Gasteiger partial charge in [-0.1, -0.05) is 308 Å². The highest BCUT2D eigenvalue weighted by molar-refractivity contribution is 5.67. The van der Waals surface area contributed by atoms with Crippen molar-refractivity contribution < 1.29 is 29.7 Å². The van der Waals surface area contributed by atoms with E-state index in [2.05, 4.69) is 0 Å². The van der Waals surface area contributed by atoms with Gasteiger partial charge in [0, 0.05) is 19.3 Å². The number of carbonyl (C=O) groups is 3. The minimum Gasteiger partial charge on any atom is -0.481 e. The summed E-state index contributed by atoms with van der Waals surface area (Å²) in [5.41, 5.74) is 0. The van der Waals surface area contributed by atoms with Gasteiger partial charge in [0.2, 0.25) is 0 Å². The van der Waals surface area contributed by atoms with E-state index >= 15 is 0 Å². The average Bonchev–Trinajstić information content (AvgIpc) is 3.27. The maximum Gasteiger partial charge on any atom is 0.303 e. The zero-order chi connectivity index (χ0) is 46.5. The van der Waals surface area contributed by atoms with E-state index in [1.807, 2.05) is 0 Å². The summed E-state index contributed by atoms with van der Waals surface area (Å²) in [5, 5.41) is 26.2. The van der Waals surface area contributed by atoms with Gasteiger partial charge in [0.15, 0.2) is 0 Å². The van der Waals surface area contributed by atoms with Crippen LogP contribution in [0, 0.1) is 5.92 Å². The molecule has 6 nitrogen and oxygen atoms in total. The van der Waals surface area contributed by atoms with Crippen LogP contribution in [0.3, 0.4) is 0 Å². The van der Waals surface area contributed by atoms with Gasteiger partial charge in [0.1, 0.15) is 0 Å². The third kappa shape index (κ3) is 56.5. The maximum atomic E-state index is 10.6. The summed E-state index contributed by atoms with van der Waals surface area (Å²) in [6.07, 6.45) is 69.3. The van der Waals surface area contributed by atoms with Gasteiger partial charge in [-0.25, -0.2) is 0 Å². The quantitative estimate of drug-likeness (QED) is 0.0524. The van der Waals surface area contributed by atoms with E-state index in [4.69, 9.17) is 15.3 Å². The summed E-state index contributed by atoms with van der Waals surface area (Å²) in [6, 6.07) is 0. The average molecular weight is 906 g/mol. The van der Waals surface area contributed by atoms with Gasteiger partial charge in [-0.05, 0) is 25.2 Å². The van der Waals surface area contributed by atoms with Crippen LogP contribution in [0.1, 0.15) is 347 Å². The second-order valence-electron chi connectivity index (χ2n) is 20.6. The van der Waals surface area contributed by atoms with Crippen LogP contribution in [0.4, 0.5) is 0 Å². The van der Waals surface area contributed by atoms with Crippen molar-refractivity contribution in [3.05, 3.63) is 0 Å². The van der Waals surface area contributed by atoms with E-state index in [1.54, 1.807) is 0 Å². The summed E-state index contributed by atoms with van der Waals surface area (Å²) in [4.78, 5) is 31.8. The first-order valence-corrected chi connectivity index (χ1v) is 29.1. The maximum absolute atomic E-state index is 10.6. The Kier molecular flexibility index (Phi) is 52.7.